The summed E-state index contributed by atoms with van der Waals surface area (Å²) in [5, 5.41) is 3.03. The third kappa shape index (κ3) is 4.26. The minimum absolute atomic E-state index is 0.134. The van der Waals surface area contributed by atoms with Gasteiger partial charge >= 0.3 is 0 Å². The summed E-state index contributed by atoms with van der Waals surface area (Å²) in [5.74, 6) is 0.575. The molecule has 3 aromatic rings. The first-order chi connectivity index (χ1) is 15.5. The van der Waals surface area contributed by atoms with Crippen molar-refractivity contribution in [3.63, 3.8) is 0 Å². The van der Waals surface area contributed by atoms with Gasteiger partial charge in [0.05, 0.1) is 17.4 Å². The van der Waals surface area contributed by atoms with E-state index in [1.807, 2.05) is 30.3 Å². The Bertz CT molecular complexity index is 1160. The average molecular weight is 451 g/mol. The fourth-order valence-electron chi connectivity index (χ4n) is 4.18. The number of nitrogens with one attached hydrogen (secondary N) is 1. The summed E-state index contributed by atoms with van der Waals surface area (Å²) >= 11 is 0. The number of anilines is 1. The molecule has 0 bridgehead atoms. The Labute approximate surface area is 188 Å². The quantitative estimate of drug-likeness (QED) is 0.615. The minimum atomic E-state index is -3.60. The number of amides is 1. The van der Waals surface area contributed by atoms with E-state index in [0.717, 1.165) is 5.56 Å². The van der Waals surface area contributed by atoms with Gasteiger partial charge in [-0.3, -0.25) is 4.79 Å². The van der Waals surface area contributed by atoms with Crippen LogP contribution in [0.25, 0.3) is 0 Å². The van der Waals surface area contributed by atoms with Crippen LogP contribution in [0.3, 0.4) is 0 Å². The summed E-state index contributed by atoms with van der Waals surface area (Å²) in [6.45, 7) is 0.532. The van der Waals surface area contributed by atoms with Gasteiger partial charge in [-0.05, 0) is 54.8 Å². The predicted octanol–water partition coefficient (Wildman–Crippen LogP) is 4.06. The second-order valence-corrected chi connectivity index (χ2v) is 9.79. The second kappa shape index (κ2) is 9.14. The van der Waals surface area contributed by atoms with Gasteiger partial charge in [-0.15, -0.1) is 0 Å². The number of piperidine rings is 1. The number of hydrogen-bond donors (Lipinski definition) is 1. The van der Waals surface area contributed by atoms with Gasteiger partial charge in [0.2, 0.25) is 15.9 Å². The van der Waals surface area contributed by atoms with Crippen molar-refractivity contribution in [3.05, 3.63) is 90.5 Å². The van der Waals surface area contributed by atoms with Crippen LogP contribution in [0.1, 0.15) is 18.4 Å². The molecule has 1 aliphatic rings. The fourth-order valence-corrected chi connectivity index (χ4v) is 5.64. The lowest BCUT2D eigenvalue weighted by Crippen LogP contribution is -2.50. The van der Waals surface area contributed by atoms with Crippen LogP contribution < -0.4 is 10.1 Å². The molecule has 1 N–H and O–H groups in total. The smallest absolute Gasteiger partial charge is 0.243 e. The van der Waals surface area contributed by atoms with Crippen molar-refractivity contribution in [2.75, 3.05) is 25.5 Å². The largest absolute Gasteiger partial charge is 0.497 e. The van der Waals surface area contributed by atoms with E-state index in [1.165, 1.54) is 4.31 Å². The number of carbonyl (C=O) groups excluding carboxylic acids is 1. The van der Waals surface area contributed by atoms with E-state index in [1.54, 1.807) is 61.7 Å². The number of methoxy groups -OCH3 is 1. The van der Waals surface area contributed by atoms with Crippen LogP contribution in [-0.4, -0.2) is 38.8 Å². The molecule has 166 valence electrons. The van der Waals surface area contributed by atoms with Crippen molar-refractivity contribution in [2.24, 2.45) is 0 Å². The topological polar surface area (TPSA) is 75.7 Å². The molecule has 1 saturated heterocycles. The van der Waals surface area contributed by atoms with Crippen LogP contribution in [-0.2, 0) is 20.2 Å². The molecule has 1 heterocycles. The van der Waals surface area contributed by atoms with Crippen LogP contribution >= 0.6 is 0 Å². The maximum atomic E-state index is 13.6. The van der Waals surface area contributed by atoms with Crippen molar-refractivity contribution in [1.29, 1.82) is 0 Å². The van der Waals surface area contributed by atoms with E-state index in [-0.39, 0.29) is 23.9 Å². The average Bonchev–Trinajstić information content (AvgIpc) is 2.85. The molecule has 0 aromatic heterocycles. The molecule has 7 heteroatoms. The van der Waals surface area contributed by atoms with Gasteiger partial charge in [-0.1, -0.05) is 48.5 Å². The first kappa shape index (κ1) is 22.0. The Balaban J connectivity index is 1.59. The highest BCUT2D eigenvalue weighted by atomic mass is 32.2. The van der Waals surface area contributed by atoms with Crippen molar-refractivity contribution in [3.8, 4) is 5.75 Å². The summed E-state index contributed by atoms with van der Waals surface area (Å²) < 4.78 is 32.8. The monoisotopic (exact) mass is 450 g/mol. The Morgan fingerprint density at radius 2 is 1.44 bits per heavy atom. The second-order valence-electron chi connectivity index (χ2n) is 7.85. The highest BCUT2D eigenvalue weighted by molar-refractivity contribution is 7.89. The molecule has 0 aliphatic carbocycles. The first-order valence-corrected chi connectivity index (χ1v) is 12.0. The zero-order valence-corrected chi connectivity index (χ0v) is 18.7. The first-order valence-electron chi connectivity index (χ1n) is 10.5. The minimum Gasteiger partial charge on any atom is -0.497 e. The highest BCUT2D eigenvalue weighted by Gasteiger charge is 2.45. The molecule has 4 rings (SSSR count). The summed E-state index contributed by atoms with van der Waals surface area (Å²) in [7, 11) is -2.01. The lowest BCUT2D eigenvalue weighted by molar-refractivity contribution is -0.123. The maximum Gasteiger partial charge on any atom is 0.243 e. The molecule has 1 amide bonds. The summed E-state index contributed by atoms with van der Waals surface area (Å²) in [5.41, 5.74) is 0.748. The van der Waals surface area contributed by atoms with Gasteiger partial charge in [-0.2, -0.15) is 4.31 Å². The maximum absolute atomic E-state index is 13.6. The van der Waals surface area contributed by atoms with Crippen molar-refractivity contribution in [1.82, 2.24) is 4.31 Å². The molecule has 0 spiro atoms. The van der Waals surface area contributed by atoms with Crippen molar-refractivity contribution < 1.29 is 17.9 Å². The van der Waals surface area contributed by atoms with E-state index >= 15 is 0 Å². The lowest BCUT2D eigenvalue weighted by Gasteiger charge is -2.40. The SMILES string of the molecule is COc1ccc(NC(=O)C2(c3ccccc3)CCN(S(=O)(=O)c3ccccc3)CC2)cc1. The number of hydrogen-bond acceptors (Lipinski definition) is 4. The van der Waals surface area contributed by atoms with Crippen LogP contribution in [0, 0.1) is 0 Å². The van der Waals surface area contributed by atoms with Gasteiger partial charge < -0.3 is 10.1 Å². The van der Waals surface area contributed by atoms with Crippen LogP contribution in [0.4, 0.5) is 5.69 Å². The number of benzene rings is 3. The van der Waals surface area contributed by atoms with Gasteiger partial charge in [0.15, 0.2) is 0 Å². The molecule has 1 fully saturated rings. The van der Waals surface area contributed by atoms with Gasteiger partial charge in [0.1, 0.15) is 5.75 Å². The predicted molar refractivity (Wildman–Crippen MR) is 124 cm³/mol. The molecule has 32 heavy (non-hydrogen) atoms. The van der Waals surface area contributed by atoms with E-state index in [4.69, 9.17) is 4.74 Å². The standard InChI is InChI=1S/C25H26N2O4S/c1-31-22-14-12-21(13-15-22)26-24(28)25(20-8-4-2-5-9-20)16-18-27(19-17-25)32(29,30)23-10-6-3-7-11-23/h2-15H,16-19H2,1H3,(H,26,28). The molecule has 0 atom stereocenters. The van der Waals surface area contributed by atoms with Crippen molar-refractivity contribution >= 4 is 21.6 Å². The lowest BCUT2D eigenvalue weighted by atomic mass is 9.72. The summed E-state index contributed by atoms with van der Waals surface area (Å²) in [4.78, 5) is 13.8. The van der Waals surface area contributed by atoms with Crippen LogP contribution in [0.2, 0.25) is 0 Å². The van der Waals surface area contributed by atoms with Crippen molar-refractivity contribution in [2.45, 2.75) is 23.2 Å². The fraction of sp³-hybridized carbons (Fsp3) is 0.240. The number of carbonyl (C=O) groups is 1. The van der Waals surface area contributed by atoms with Gasteiger partial charge in [0, 0.05) is 18.8 Å². The number of ether oxygens (including phenoxy) is 1. The van der Waals surface area contributed by atoms with E-state index < -0.39 is 15.4 Å². The third-order valence-electron chi connectivity index (χ3n) is 6.07. The molecule has 1 aliphatic heterocycles. The Hall–Kier alpha value is -3.16. The normalized spacial score (nSPS) is 16.3. The molecule has 3 aromatic carbocycles. The number of nitrogens with zero attached hydrogens (tertiary/aromatic N) is 1. The molecule has 0 saturated carbocycles. The van der Waals surface area contributed by atoms with E-state index in [0.29, 0.717) is 24.3 Å². The van der Waals surface area contributed by atoms with Gasteiger partial charge in [-0.25, -0.2) is 8.42 Å². The van der Waals surface area contributed by atoms with E-state index in [2.05, 4.69) is 5.32 Å². The Kier molecular flexibility index (Phi) is 6.30. The zero-order valence-electron chi connectivity index (χ0n) is 17.9. The number of rotatable bonds is 6. The Morgan fingerprint density at radius 3 is 2.00 bits per heavy atom. The van der Waals surface area contributed by atoms with E-state index in [9.17, 15) is 13.2 Å². The summed E-state index contributed by atoms with van der Waals surface area (Å²) in [6.07, 6.45) is 0.788. The zero-order chi connectivity index (χ0) is 22.6. The molecule has 6 nitrogen and oxygen atoms in total. The number of sulfonamides is 1. The molecule has 0 radical (unpaired) electrons. The van der Waals surface area contributed by atoms with Gasteiger partial charge in [0.25, 0.3) is 0 Å². The summed E-state index contributed by atoms with van der Waals surface area (Å²) in [6, 6.07) is 25.2. The Morgan fingerprint density at radius 1 is 0.875 bits per heavy atom. The molecular weight excluding hydrogens is 424 g/mol. The van der Waals surface area contributed by atoms with Crippen LogP contribution in [0.15, 0.2) is 89.8 Å². The highest BCUT2D eigenvalue weighted by Crippen LogP contribution is 2.38. The third-order valence-corrected chi connectivity index (χ3v) is 7.98. The molecular formula is C25H26N2O4S. The molecule has 0 unspecified atom stereocenters. The van der Waals surface area contributed by atoms with Crippen LogP contribution in [0.5, 0.6) is 5.75 Å².